The van der Waals surface area contributed by atoms with Gasteiger partial charge in [-0.3, -0.25) is 0 Å². The number of imidazole rings is 2. The Labute approximate surface area is 200 Å². The van der Waals surface area contributed by atoms with Crippen molar-refractivity contribution in [3.63, 3.8) is 0 Å². The quantitative estimate of drug-likeness (QED) is 0.253. The van der Waals surface area contributed by atoms with Crippen LogP contribution in [-0.2, 0) is 13.1 Å². The topological polar surface area (TPSA) is 30.5 Å². The molecular weight excluding hydrogens is 441 g/mol. The molecule has 0 bridgehead atoms. The van der Waals surface area contributed by atoms with Gasteiger partial charge in [0.05, 0.1) is 0 Å². The maximum Gasteiger partial charge on any atom is 0.250 e. The molecule has 5 nitrogen and oxygen atoms in total. The highest BCUT2D eigenvalue weighted by Crippen LogP contribution is 2.09. The molecular formula is C25H23Cl2N5. The van der Waals surface area contributed by atoms with E-state index in [0.29, 0.717) is 0 Å². The summed E-state index contributed by atoms with van der Waals surface area (Å²) in [6, 6.07) is 27.0. The van der Waals surface area contributed by atoms with E-state index in [9.17, 15) is 0 Å². The summed E-state index contributed by atoms with van der Waals surface area (Å²) in [7, 11) is 0. The second-order valence-corrected chi connectivity index (χ2v) is 7.31. The maximum atomic E-state index is 4.85. The highest BCUT2D eigenvalue weighted by atomic mass is 35.5. The third kappa shape index (κ3) is 5.44. The van der Waals surface area contributed by atoms with Gasteiger partial charge in [-0.15, -0.1) is 0 Å². The molecule has 0 aliphatic rings. The normalized spacial score (nSPS) is 10.2. The molecule has 0 aliphatic heterocycles. The molecule has 0 unspecified atom stereocenters. The van der Waals surface area contributed by atoms with Crippen molar-refractivity contribution in [2.75, 3.05) is 0 Å². The lowest BCUT2D eigenvalue weighted by Gasteiger charge is -1.99. The number of pyridine rings is 1. The lowest BCUT2D eigenvalue weighted by atomic mass is 10.2. The summed E-state index contributed by atoms with van der Waals surface area (Å²) >= 11 is 0. The first kappa shape index (κ1) is 23.3. The number of hydrogen-bond donors (Lipinski definition) is 0. The monoisotopic (exact) mass is 463 g/mol. The van der Waals surface area contributed by atoms with Gasteiger partial charge in [-0.2, -0.15) is 14.1 Å². The van der Waals surface area contributed by atoms with Crippen molar-refractivity contribution in [1.29, 1.82) is 0 Å². The summed E-state index contributed by atoms with van der Waals surface area (Å²) in [6.45, 7) is 1.68. The molecule has 5 rings (SSSR count). The van der Waals surface area contributed by atoms with E-state index in [1.54, 1.807) is 0 Å². The predicted molar refractivity (Wildman–Crippen MR) is 114 cm³/mol. The van der Waals surface area contributed by atoms with Gasteiger partial charge >= 0.3 is 0 Å². The fraction of sp³-hybridized carbons (Fsp3) is 0.0800. The summed E-state index contributed by atoms with van der Waals surface area (Å²) in [6.07, 6.45) is 12.4. The van der Waals surface area contributed by atoms with Gasteiger partial charge in [0.25, 0.3) is 12.7 Å². The first-order chi connectivity index (χ1) is 14.8. The molecule has 0 fully saturated rings. The van der Waals surface area contributed by atoms with Crippen molar-refractivity contribution < 1.29 is 33.9 Å². The standard InChI is InChI=1S/C25H23N5.2ClH/c1-3-8-22(9-4-1)18-27-14-16-29(20-27)24-12-7-13-25(26-24)30-17-15-28(21-30)19-23-10-5-2-6-11-23;;/h1-17,20-21H,18-19H2;2*1H/q+2;;/p-2. The Balaban J connectivity index is 0.00000144. The van der Waals surface area contributed by atoms with Gasteiger partial charge in [-0.1, -0.05) is 66.7 Å². The molecule has 0 saturated heterocycles. The van der Waals surface area contributed by atoms with E-state index in [-0.39, 0.29) is 24.8 Å². The van der Waals surface area contributed by atoms with Crippen LogP contribution in [-0.4, -0.2) is 14.1 Å². The molecule has 3 aromatic heterocycles. The Morgan fingerprint density at radius 2 is 1.00 bits per heavy atom. The third-order valence-electron chi connectivity index (χ3n) is 5.05. The highest BCUT2D eigenvalue weighted by Gasteiger charge is 2.13. The zero-order valence-corrected chi connectivity index (χ0v) is 18.9. The average molecular weight is 464 g/mol. The van der Waals surface area contributed by atoms with E-state index in [4.69, 9.17) is 4.98 Å². The second-order valence-electron chi connectivity index (χ2n) is 7.31. The molecule has 5 aromatic rings. The van der Waals surface area contributed by atoms with Crippen molar-refractivity contribution in [2.45, 2.75) is 13.1 Å². The van der Waals surface area contributed by atoms with Gasteiger partial charge in [-0.05, 0) is 11.1 Å². The van der Waals surface area contributed by atoms with Crippen LogP contribution in [0.5, 0.6) is 0 Å². The molecule has 0 radical (unpaired) electrons. The molecule has 7 heteroatoms. The number of rotatable bonds is 6. The summed E-state index contributed by atoms with van der Waals surface area (Å²) < 4.78 is 8.42. The van der Waals surface area contributed by atoms with Crippen LogP contribution >= 0.6 is 0 Å². The van der Waals surface area contributed by atoms with Gasteiger partial charge in [0, 0.05) is 12.1 Å². The fourth-order valence-corrected chi connectivity index (χ4v) is 3.53. The number of aromatic nitrogens is 5. The second kappa shape index (κ2) is 10.8. The van der Waals surface area contributed by atoms with Crippen LogP contribution in [0.1, 0.15) is 11.1 Å². The first-order valence-electron chi connectivity index (χ1n) is 10.0. The minimum Gasteiger partial charge on any atom is -1.00 e. The van der Waals surface area contributed by atoms with Crippen molar-refractivity contribution in [1.82, 2.24) is 14.1 Å². The fourth-order valence-electron chi connectivity index (χ4n) is 3.53. The van der Waals surface area contributed by atoms with Crippen molar-refractivity contribution in [2.24, 2.45) is 0 Å². The minimum absolute atomic E-state index is 0. The summed E-state index contributed by atoms with van der Waals surface area (Å²) in [5.41, 5.74) is 2.55. The summed E-state index contributed by atoms with van der Waals surface area (Å²) in [5, 5.41) is 0. The minimum atomic E-state index is 0. The van der Waals surface area contributed by atoms with Crippen LogP contribution in [0.15, 0.2) is 116 Å². The molecule has 0 spiro atoms. The molecule has 2 aromatic carbocycles. The van der Waals surface area contributed by atoms with Crippen LogP contribution in [0.3, 0.4) is 0 Å². The van der Waals surface area contributed by atoms with Gasteiger partial charge in [0.2, 0.25) is 11.6 Å². The van der Waals surface area contributed by atoms with Crippen LogP contribution in [0.25, 0.3) is 11.6 Å². The van der Waals surface area contributed by atoms with E-state index in [2.05, 4.69) is 82.7 Å². The summed E-state index contributed by atoms with van der Waals surface area (Å²) in [5.74, 6) is 1.78. The summed E-state index contributed by atoms with van der Waals surface area (Å²) in [4.78, 5) is 4.85. The molecule has 0 N–H and O–H groups in total. The van der Waals surface area contributed by atoms with E-state index >= 15 is 0 Å². The number of nitrogens with zero attached hydrogens (tertiary/aromatic N) is 5. The smallest absolute Gasteiger partial charge is 0.250 e. The Bertz CT molecular complexity index is 1150. The van der Waals surface area contributed by atoms with Crippen LogP contribution < -0.4 is 33.9 Å². The van der Waals surface area contributed by atoms with Gasteiger partial charge < -0.3 is 24.8 Å². The van der Waals surface area contributed by atoms with E-state index in [1.807, 2.05) is 51.9 Å². The van der Waals surface area contributed by atoms with Crippen molar-refractivity contribution >= 4 is 0 Å². The molecule has 32 heavy (non-hydrogen) atoms. The zero-order valence-electron chi connectivity index (χ0n) is 17.4. The van der Waals surface area contributed by atoms with Crippen molar-refractivity contribution in [3.8, 4) is 11.6 Å². The van der Waals surface area contributed by atoms with E-state index in [0.717, 1.165) is 24.7 Å². The Kier molecular flexibility index (Phi) is 7.82. The highest BCUT2D eigenvalue weighted by molar-refractivity contribution is 5.31. The number of halogens is 2. The zero-order chi connectivity index (χ0) is 20.2. The lowest BCUT2D eigenvalue weighted by Crippen LogP contribution is -3.00. The predicted octanol–water partition coefficient (Wildman–Crippen LogP) is -2.66. The van der Waals surface area contributed by atoms with Gasteiger partial charge in [-0.25, -0.2) is 9.13 Å². The molecule has 0 saturated carbocycles. The number of benzene rings is 2. The molecule has 0 aliphatic carbocycles. The third-order valence-corrected chi connectivity index (χ3v) is 5.05. The largest absolute Gasteiger partial charge is 1.00 e. The lowest BCUT2D eigenvalue weighted by molar-refractivity contribution is -0.687. The molecule has 0 amide bonds. The SMILES string of the molecule is [Cl-].[Cl-].c1ccc(C[n+]2ccn(-c3cccc(-n4cc[n+](Cc5ccccc5)c4)n3)c2)cc1. The van der Waals surface area contributed by atoms with E-state index in [1.165, 1.54) is 11.1 Å². The Hall–Kier alpha value is -3.41. The van der Waals surface area contributed by atoms with Crippen LogP contribution in [0.2, 0.25) is 0 Å². The average Bonchev–Trinajstić information content (AvgIpc) is 3.45. The first-order valence-corrected chi connectivity index (χ1v) is 10.0. The maximum absolute atomic E-state index is 4.85. The van der Waals surface area contributed by atoms with Crippen LogP contribution in [0.4, 0.5) is 0 Å². The Morgan fingerprint density at radius 1 is 0.562 bits per heavy atom. The Morgan fingerprint density at radius 3 is 1.44 bits per heavy atom. The van der Waals surface area contributed by atoms with Gasteiger partial charge in [0.1, 0.15) is 37.9 Å². The van der Waals surface area contributed by atoms with Crippen LogP contribution in [0, 0.1) is 0 Å². The van der Waals surface area contributed by atoms with Gasteiger partial charge in [0.15, 0.2) is 0 Å². The van der Waals surface area contributed by atoms with E-state index < -0.39 is 0 Å². The number of hydrogen-bond acceptors (Lipinski definition) is 1. The molecule has 0 atom stereocenters. The molecule has 162 valence electrons. The van der Waals surface area contributed by atoms with Crippen molar-refractivity contribution in [3.05, 3.63) is 127 Å². The molecule has 3 heterocycles.